The second-order valence-electron chi connectivity index (χ2n) is 4.43. The molecular formula is C14H20ClNO2. The van der Waals surface area contributed by atoms with Crippen molar-refractivity contribution in [3.63, 3.8) is 0 Å². The molecule has 18 heavy (non-hydrogen) atoms. The third kappa shape index (κ3) is 3.64. The predicted molar refractivity (Wildman–Crippen MR) is 74.2 cm³/mol. The van der Waals surface area contributed by atoms with Gasteiger partial charge in [0, 0.05) is 13.1 Å². The molecule has 3 nitrogen and oxygen atoms in total. The fourth-order valence-electron chi connectivity index (χ4n) is 1.82. The number of methoxy groups -OCH3 is 1. The van der Waals surface area contributed by atoms with Crippen LogP contribution in [0, 0.1) is 0 Å². The van der Waals surface area contributed by atoms with Crippen LogP contribution in [0.15, 0.2) is 24.3 Å². The molecule has 0 aromatic heterocycles. The van der Waals surface area contributed by atoms with E-state index in [1.807, 2.05) is 31.2 Å². The van der Waals surface area contributed by atoms with Crippen molar-refractivity contribution in [2.45, 2.75) is 31.7 Å². The topological polar surface area (TPSA) is 29.5 Å². The zero-order valence-electron chi connectivity index (χ0n) is 11.3. The van der Waals surface area contributed by atoms with Crippen molar-refractivity contribution < 1.29 is 9.53 Å². The zero-order chi connectivity index (χ0) is 13.7. The molecule has 0 heterocycles. The summed E-state index contributed by atoms with van der Waals surface area (Å²) in [4.78, 5) is 13.5. The van der Waals surface area contributed by atoms with Crippen LogP contribution in [0.25, 0.3) is 0 Å². The number of para-hydroxylation sites is 1. The molecule has 1 rings (SSSR count). The van der Waals surface area contributed by atoms with Gasteiger partial charge in [0.15, 0.2) is 0 Å². The lowest BCUT2D eigenvalue weighted by Crippen LogP contribution is -2.40. The van der Waals surface area contributed by atoms with Crippen molar-refractivity contribution in [2.24, 2.45) is 0 Å². The smallest absolute Gasteiger partial charge is 0.240 e. The zero-order valence-corrected chi connectivity index (χ0v) is 12.1. The van der Waals surface area contributed by atoms with Gasteiger partial charge in [0.2, 0.25) is 5.91 Å². The minimum Gasteiger partial charge on any atom is -0.496 e. The number of benzene rings is 1. The summed E-state index contributed by atoms with van der Waals surface area (Å²) in [5.74, 6) is 0.795. The normalized spacial score (nSPS) is 13.8. The van der Waals surface area contributed by atoms with Crippen LogP contribution < -0.4 is 4.74 Å². The van der Waals surface area contributed by atoms with Gasteiger partial charge in [0.25, 0.3) is 0 Å². The Kier molecular flexibility index (Phi) is 5.48. The summed E-state index contributed by atoms with van der Waals surface area (Å²) in [5, 5.41) is -0.491. The number of likely N-dealkylation sites (N-methyl/N-ethyl adjacent to an activating group) is 1. The first-order valence-electron chi connectivity index (χ1n) is 6.00. The lowest BCUT2D eigenvalue weighted by atomic mass is 10.0. The standard InChI is InChI=1S/C14H20ClNO2/c1-10(16(3)14(17)11(2)15)9-12-7-5-6-8-13(12)18-4/h5-8,10-11H,9H2,1-4H3. The summed E-state index contributed by atoms with van der Waals surface area (Å²) in [5.41, 5.74) is 1.09. The van der Waals surface area contributed by atoms with Crippen LogP contribution in [-0.2, 0) is 11.2 Å². The summed E-state index contributed by atoms with van der Waals surface area (Å²) >= 11 is 5.81. The van der Waals surface area contributed by atoms with Gasteiger partial charge in [-0.1, -0.05) is 18.2 Å². The molecule has 4 heteroatoms. The van der Waals surface area contributed by atoms with Crippen LogP contribution in [0.5, 0.6) is 5.75 Å². The maximum absolute atomic E-state index is 11.8. The number of carbonyl (C=O) groups is 1. The summed E-state index contributed by atoms with van der Waals surface area (Å²) in [6.45, 7) is 3.69. The van der Waals surface area contributed by atoms with E-state index in [2.05, 4.69) is 0 Å². The molecule has 0 aliphatic carbocycles. The Morgan fingerprint density at radius 2 is 2.00 bits per heavy atom. The van der Waals surface area contributed by atoms with Crippen molar-refractivity contribution in [3.05, 3.63) is 29.8 Å². The van der Waals surface area contributed by atoms with Crippen molar-refractivity contribution >= 4 is 17.5 Å². The molecule has 1 amide bonds. The summed E-state index contributed by atoms with van der Waals surface area (Å²) in [6.07, 6.45) is 0.746. The SMILES string of the molecule is COc1ccccc1CC(C)N(C)C(=O)C(C)Cl. The van der Waals surface area contributed by atoms with Crippen molar-refractivity contribution in [3.8, 4) is 5.75 Å². The van der Waals surface area contributed by atoms with Crippen molar-refractivity contribution in [1.29, 1.82) is 0 Å². The Morgan fingerprint density at radius 1 is 1.39 bits per heavy atom. The van der Waals surface area contributed by atoms with Crippen LogP contribution in [0.1, 0.15) is 19.4 Å². The number of nitrogens with zero attached hydrogens (tertiary/aromatic N) is 1. The molecule has 0 radical (unpaired) electrons. The fourth-order valence-corrected chi connectivity index (χ4v) is 1.98. The molecule has 2 atom stereocenters. The van der Waals surface area contributed by atoms with Gasteiger partial charge in [0.1, 0.15) is 11.1 Å². The number of ether oxygens (including phenoxy) is 1. The van der Waals surface area contributed by atoms with Gasteiger partial charge < -0.3 is 9.64 Å². The Labute approximate surface area is 114 Å². The van der Waals surface area contributed by atoms with E-state index >= 15 is 0 Å². The molecule has 0 aliphatic heterocycles. The van der Waals surface area contributed by atoms with E-state index in [-0.39, 0.29) is 11.9 Å². The summed E-state index contributed by atoms with van der Waals surface area (Å²) < 4.78 is 5.30. The first-order chi connectivity index (χ1) is 8.47. The van der Waals surface area contributed by atoms with Gasteiger partial charge >= 0.3 is 0 Å². The first-order valence-corrected chi connectivity index (χ1v) is 6.43. The first kappa shape index (κ1) is 14.8. The molecule has 0 fully saturated rings. The minimum absolute atomic E-state index is 0.0564. The molecule has 0 aliphatic rings. The lowest BCUT2D eigenvalue weighted by Gasteiger charge is -2.26. The molecule has 2 unspecified atom stereocenters. The number of carbonyl (C=O) groups excluding carboxylic acids is 1. The number of amides is 1. The van der Waals surface area contributed by atoms with Crippen molar-refractivity contribution in [2.75, 3.05) is 14.2 Å². The highest BCUT2D eigenvalue weighted by molar-refractivity contribution is 6.30. The number of hydrogen-bond acceptors (Lipinski definition) is 2. The monoisotopic (exact) mass is 269 g/mol. The predicted octanol–water partition coefficient (Wildman–Crippen LogP) is 2.71. The highest BCUT2D eigenvalue weighted by Crippen LogP contribution is 2.20. The summed E-state index contributed by atoms with van der Waals surface area (Å²) in [6, 6.07) is 7.92. The minimum atomic E-state index is -0.491. The van der Waals surface area contributed by atoms with Crippen LogP contribution in [0.3, 0.4) is 0 Å². The number of hydrogen-bond donors (Lipinski definition) is 0. The number of halogens is 1. The molecule has 1 aromatic carbocycles. The van der Waals surface area contributed by atoms with E-state index in [0.29, 0.717) is 0 Å². The van der Waals surface area contributed by atoms with E-state index in [9.17, 15) is 4.79 Å². The Morgan fingerprint density at radius 3 is 2.56 bits per heavy atom. The van der Waals surface area contributed by atoms with Crippen LogP contribution in [0.2, 0.25) is 0 Å². The van der Waals surface area contributed by atoms with Gasteiger partial charge in [0.05, 0.1) is 7.11 Å². The van der Waals surface area contributed by atoms with E-state index in [4.69, 9.17) is 16.3 Å². The van der Waals surface area contributed by atoms with E-state index < -0.39 is 5.38 Å². The number of alkyl halides is 1. The van der Waals surface area contributed by atoms with Crippen molar-refractivity contribution in [1.82, 2.24) is 4.90 Å². The van der Waals surface area contributed by atoms with Gasteiger partial charge in [-0.3, -0.25) is 4.79 Å². The van der Waals surface area contributed by atoms with E-state index in [1.165, 1.54) is 0 Å². The van der Waals surface area contributed by atoms with E-state index in [0.717, 1.165) is 17.7 Å². The number of rotatable bonds is 5. The fraction of sp³-hybridized carbons (Fsp3) is 0.500. The van der Waals surface area contributed by atoms with E-state index in [1.54, 1.807) is 26.0 Å². The molecule has 1 aromatic rings. The molecule has 0 bridgehead atoms. The Balaban J connectivity index is 2.75. The second kappa shape index (κ2) is 6.64. The lowest BCUT2D eigenvalue weighted by molar-refractivity contribution is -0.130. The van der Waals surface area contributed by atoms with Gasteiger partial charge in [-0.2, -0.15) is 0 Å². The van der Waals surface area contributed by atoms with Crippen LogP contribution >= 0.6 is 11.6 Å². The van der Waals surface area contributed by atoms with Crippen LogP contribution in [0.4, 0.5) is 0 Å². The third-order valence-corrected chi connectivity index (χ3v) is 3.24. The van der Waals surface area contributed by atoms with Gasteiger partial charge in [-0.05, 0) is 31.9 Å². The van der Waals surface area contributed by atoms with Gasteiger partial charge in [-0.25, -0.2) is 0 Å². The highest BCUT2D eigenvalue weighted by atomic mass is 35.5. The van der Waals surface area contributed by atoms with Crippen LogP contribution in [-0.4, -0.2) is 36.4 Å². The maximum Gasteiger partial charge on any atom is 0.240 e. The Hall–Kier alpha value is -1.22. The largest absolute Gasteiger partial charge is 0.496 e. The average molecular weight is 270 g/mol. The molecular weight excluding hydrogens is 250 g/mol. The Bertz CT molecular complexity index is 407. The molecule has 0 saturated carbocycles. The maximum atomic E-state index is 11.8. The molecule has 100 valence electrons. The summed E-state index contributed by atoms with van der Waals surface area (Å²) in [7, 11) is 3.43. The second-order valence-corrected chi connectivity index (χ2v) is 5.08. The van der Waals surface area contributed by atoms with Gasteiger partial charge in [-0.15, -0.1) is 11.6 Å². The highest BCUT2D eigenvalue weighted by Gasteiger charge is 2.20. The third-order valence-electron chi connectivity index (χ3n) is 3.06. The molecule has 0 spiro atoms. The molecule has 0 N–H and O–H groups in total. The average Bonchev–Trinajstić information content (AvgIpc) is 2.37. The molecule has 0 saturated heterocycles. The quantitative estimate of drug-likeness (QED) is 0.770.